The van der Waals surface area contributed by atoms with Crippen molar-refractivity contribution < 1.29 is 22.8 Å². The molecule has 1 aromatic carbocycles. The lowest BCUT2D eigenvalue weighted by molar-refractivity contribution is -0.138. The highest BCUT2D eigenvalue weighted by Crippen LogP contribution is 2.34. The molecular formula is C20H28F3N3O2. The first kappa shape index (κ1) is 22.2. The molecule has 1 aliphatic rings. The Kier molecular flexibility index (Phi) is 7.46. The fourth-order valence-electron chi connectivity index (χ4n) is 3.52. The Bertz CT molecular complexity index is 688. The maximum atomic E-state index is 13.0. The Labute approximate surface area is 163 Å². The summed E-state index contributed by atoms with van der Waals surface area (Å²) in [5.41, 5.74) is -1.18. The lowest BCUT2D eigenvalue weighted by atomic mass is 9.94. The zero-order valence-corrected chi connectivity index (χ0v) is 16.6. The number of hydrogen-bond acceptors (Lipinski definition) is 3. The Morgan fingerprint density at radius 3 is 2.36 bits per heavy atom. The van der Waals surface area contributed by atoms with Gasteiger partial charge in [-0.05, 0) is 38.9 Å². The van der Waals surface area contributed by atoms with E-state index in [1.807, 2.05) is 0 Å². The van der Waals surface area contributed by atoms with Crippen LogP contribution in [0.4, 0.5) is 18.9 Å². The van der Waals surface area contributed by atoms with Gasteiger partial charge in [0.2, 0.25) is 11.8 Å². The third-order valence-electron chi connectivity index (χ3n) is 5.39. The Morgan fingerprint density at radius 1 is 1.14 bits per heavy atom. The second-order valence-corrected chi connectivity index (χ2v) is 7.42. The molecule has 0 unspecified atom stereocenters. The van der Waals surface area contributed by atoms with E-state index < -0.39 is 23.7 Å². The largest absolute Gasteiger partial charge is 0.418 e. The topological polar surface area (TPSA) is 52.7 Å². The molecule has 2 amide bonds. The molecule has 1 saturated carbocycles. The van der Waals surface area contributed by atoms with Crippen molar-refractivity contribution in [3.8, 4) is 0 Å². The van der Waals surface area contributed by atoms with Gasteiger partial charge in [0.1, 0.15) is 0 Å². The molecule has 0 radical (unpaired) electrons. The van der Waals surface area contributed by atoms with Crippen LogP contribution in [-0.4, -0.2) is 54.3 Å². The minimum Gasteiger partial charge on any atom is -0.341 e. The smallest absolute Gasteiger partial charge is 0.341 e. The zero-order chi connectivity index (χ0) is 20.9. The first-order chi connectivity index (χ1) is 13.1. The molecule has 1 fully saturated rings. The van der Waals surface area contributed by atoms with Crippen LogP contribution < -0.4 is 5.32 Å². The average Bonchev–Trinajstić information content (AvgIpc) is 2.66. The highest BCUT2D eigenvalue weighted by atomic mass is 19.4. The predicted molar refractivity (Wildman–Crippen MR) is 102 cm³/mol. The summed E-state index contributed by atoms with van der Waals surface area (Å²) in [5, 5.41) is 2.31. The molecule has 0 aliphatic heterocycles. The van der Waals surface area contributed by atoms with Crippen LogP contribution in [0.2, 0.25) is 0 Å². The zero-order valence-electron chi connectivity index (χ0n) is 16.6. The second-order valence-electron chi connectivity index (χ2n) is 7.42. The lowest BCUT2D eigenvalue weighted by Crippen LogP contribution is -2.49. The number of carbonyl (C=O) groups is 2. The average molecular weight is 399 g/mol. The van der Waals surface area contributed by atoms with Crippen molar-refractivity contribution in [3.05, 3.63) is 29.8 Å². The molecule has 1 aliphatic carbocycles. The maximum Gasteiger partial charge on any atom is 0.418 e. The van der Waals surface area contributed by atoms with E-state index in [-0.39, 0.29) is 24.2 Å². The highest BCUT2D eigenvalue weighted by molar-refractivity contribution is 5.93. The van der Waals surface area contributed by atoms with Crippen molar-refractivity contribution >= 4 is 17.5 Å². The highest BCUT2D eigenvalue weighted by Gasteiger charge is 2.34. The Balaban J connectivity index is 1.95. The predicted octanol–water partition coefficient (Wildman–Crippen LogP) is 3.76. The second kappa shape index (κ2) is 9.41. The van der Waals surface area contributed by atoms with Crippen LogP contribution in [0.3, 0.4) is 0 Å². The van der Waals surface area contributed by atoms with Crippen LogP contribution in [0, 0.1) is 0 Å². The molecule has 28 heavy (non-hydrogen) atoms. The van der Waals surface area contributed by atoms with Crippen LogP contribution in [-0.2, 0) is 15.8 Å². The summed E-state index contributed by atoms with van der Waals surface area (Å²) in [4.78, 5) is 28.3. The van der Waals surface area contributed by atoms with Gasteiger partial charge in [-0.1, -0.05) is 31.4 Å². The standard InChI is InChI=1S/C20H28F3N3O2/c1-14(19(28)26(3)15-9-5-4-6-10-15)25(2)13-18(27)24-17-12-8-7-11-16(17)20(21,22)23/h7-8,11-12,14-15H,4-6,9-10,13H2,1-3H3,(H,24,27)/t14-/m0/s1. The van der Waals surface area contributed by atoms with Gasteiger partial charge >= 0.3 is 6.18 Å². The Hall–Kier alpha value is -2.09. The summed E-state index contributed by atoms with van der Waals surface area (Å²) in [6.07, 6.45) is 0.803. The number of hydrogen-bond donors (Lipinski definition) is 1. The minimum atomic E-state index is -4.55. The van der Waals surface area contributed by atoms with Crippen molar-refractivity contribution in [2.24, 2.45) is 0 Å². The van der Waals surface area contributed by atoms with Gasteiger partial charge in [0.15, 0.2) is 0 Å². The molecule has 0 aromatic heterocycles. The van der Waals surface area contributed by atoms with Gasteiger partial charge in [-0.25, -0.2) is 0 Å². The molecular weight excluding hydrogens is 371 g/mol. The number of anilines is 1. The summed E-state index contributed by atoms with van der Waals surface area (Å²) in [7, 11) is 3.40. The number of rotatable bonds is 6. The molecule has 8 heteroatoms. The molecule has 1 N–H and O–H groups in total. The van der Waals surface area contributed by atoms with Gasteiger partial charge in [0.05, 0.1) is 23.8 Å². The number of benzene rings is 1. The monoisotopic (exact) mass is 399 g/mol. The molecule has 156 valence electrons. The molecule has 0 spiro atoms. The first-order valence-electron chi connectivity index (χ1n) is 9.54. The van der Waals surface area contributed by atoms with E-state index in [1.165, 1.54) is 24.6 Å². The van der Waals surface area contributed by atoms with Gasteiger partial charge < -0.3 is 10.2 Å². The van der Waals surface area contributed by atoms with E-state index in [1.54, 1.807) is 30.8 Å². The van der Waals surface area contributed by atoms with Crippen LogP contribution in [0.15, 0.2) is 24.3 Å². The number of halogens is 3. The van der Waals surface area contributed by atoms with Gasteiger partial charge in [0, 0.05) is 13.1 Å². The third kappa shape index (κ3) is 5.70. The molecule has 0 saturated heterocycles. The number of nitrogens with zero attached hydrogens (tertiary/aromatic N) is 2. The van der Waals surface area contributed by atoms with E-state index >= 15 is 0 Å². The van der Waals surface area contributed by atoms with E-state index in [4.69, 9.17) is 0 Å². The number of para-hydroxylation sites is 1. The quantitative estimate of drug-likeness (QED) is 0.793. The van der Waals surface area contributed by atoms with Crippen LogP contribution in [0.5, 0.6) is 0 Å². The minimum absolute atomic E-state index is 0.0853. The lowest BCUT2D eigenvalue weighted by Gasteiger charge is -2.35. The summed E-state index contributed by atoms with van der Waals surface area (Å²) in [5.74, 6) is -0.683. The number of likely N-dealkylation sites (N-methyl/N-ethyl adjacent to an activating group) is 2. The van der Waals surface area contributed by atoms with Gasteiger partial charge in [-0.3, -0.25) is 14.5 Å². The molecule has 0 bridgehead atoms. The molecule has 5 nitrogen and oxygen atoms in total. The van der Waals surface area contributed by atoms with Gasteiger partial charge in [0.25, 0.3) is 0 Å². The molecule has 2 rings (SSSR count). The maximum absolute atomic E-state index is 13.0. The molecule has 1 atom stereocenters. The van der Waals surface area contributed by atoms with Crippen molar-refractivity contribution in [3.63, 3.8) is 0 Å². The number of amides is 2. The van der Waals surface area contributed by atoms with Crippen LogP contribution >= 0.6 is 0 Å². The summed E-state index contributed by atoms with van der Waals surface area (Å²) >= 11 is 0. The Morgan fingerprint density at radius 2 is 1.75 bits per heavy atom. The van der Waals surface area contributed by atoms with E-state index in [9.17, 15) is 22.8 Å². The van der Waals surface area contributed by atoms with Crippen molar-refractivity contribution in [1.29, 1.82) is 0 Å². The van der Waals surface area contributed by atoms with E-state index in [0.717, 1.165) is 31.7 Å². The third-order valence-corrected chi connectivity index (χ3v) is 5.39. The number of alkyl halides is 3. The van der Waals surface area contributed by atoms with E-state index in [2.05, 4.69) is 5.32 Å². The molecule has 0 heterocycles. The van der Waals surface area contributed by atoms with Crippen molar-refractivity contribution in [2.45, 2.75) is 57.3 Å². The normalized spacial score (nSPS) is 16.7. The SMILES string of the molecule is C[C@@H](C(=O)N(C)C1CCCCC1)N(C)CC(=O)Nc1ccccc1C(F)(F)F. The van der Waals surface area contributed by atoms with E-state index in [0.29, 0.717) is 0 Å². The fourth-order valence-corrected chi connectivity index (χ4v) is 3.52. The van der Waals surface area contributed by atoms with Crippen molar-refractivity contribution in [2.75, 3.05) is 26.0 Å². The number of carbonyl (C=O) groups excluding carboxylic acids is 2. The fraction of sp³-hybridized carbons (Fsp3) is 0.600. The van der Waals surface area contributed by atoms with Gasteiger partial charge in [-0.15, -0.1) is 0 Å². The molecule has 1 aromatic rings. The first-order valence-corrected chi connectivity index (χ1v) is 9.54. The van der Waals surface area contributed by atoms with Crippen LogP contribution in [0.25, 0.3) is 0 Å². The summed E-state index contributed by atoms with van der Waals surface area (Å²) in [6, 6.07) is 4.50. The van der Waals surface area contributed by atoms with Crippen molar-refractivity contribution in [1.82, 2.24) is 9.80 Å². The van der Waals surface area contributed by atoms with Gasteiger partial charge in [-0.2, -0.15) is 13.2 Å². The summed E-state index contributed by atoms with van der Waals surface area (Å²) in [6.45, 7) is 1.52. The van der Waals surface area contributed by atoms with Crippen LogP contribution in [0.1, 0.15) is 44.6 Å². The summed E-state index contributed by atoms with van der Waals surface area (Å²) < 4.78 is 39.1. The number of nitrogens with one attached hydrogen (secondary N) is 1.